The number of carbonyl (C=O) groups is 2. The molecule has 2 aliphatic rings. The van der Waals surface area contributed by atoms with Crippen molar-refractivity contribution in [3.05, 3.63) is 29.8 Å². The molecule has 0 bridgehead atoms. The molecule has 0 saturated carbocycles. The molecule has 3 unspecified atom stereocenters. The molecule has 2 N–H and O–H groups in total. The summed E-state index contributed by atoms with van der Waals surface area (Å²) in [6.07, 6.45) is 3.25. The van der Waals surface area contributed by atoms with Crippen molar-refractivity contribution in [2.75, 3.05) is 24.5 Å². The first-order valence-corrected chi connectivity index (χ1v) is 9.45. The first-order chi connectivity index (χ1) is 12.0. The predicted octanol–water partition coefficient (Wildman–Crippen LogP) is 2.50. The Morgan fingerprint density at radius 1 is 1.32 bits per heavy atom. The van der Waals surface area contributed by atoms with Crippen LogP contribution in [-0.2, 0) is 9.59 Å². The fourth-order valence-electron chi connectivity index (χ4n) is 3.94. The second kappa shape index (κ2) is 7.56. The number of hydrogen-bond donors (Lipinski definition) is 1. The smallest absolute Gasteiger partial charge is 0.228 e. The summed E-state index contributed by atoms with van der Waals surface area (Å²) in [4.78, 5) is 29.1. The van der Waals surface area contributed by atoms with Crippen molar-refractivity contribution in [3.8, 4) is 0 Å². The zero-order chi connectivity index (χ0) is 18.0. The first-order valence-electron chi connectivity index (χ1n) is 9.45. The lowest BCUT2D eigenvalue weighted by Gasteiger charge is -2.32. The maximum absolute atomic E-state index is 12.8. The minimum Gasteiger partial charge on any atom is -0.341 e. The number of nitrogens with zero attached hydrogens (tertiary/aromatic N) is 2. The molecule has 3 atom stereocenters. The Hall–Kier alpha value is -1.88. The van der Waals surface area contributed by atoms with Gasteiger partial charge in [0.1, 0.15) is 0 Å². The fraction of sp³-hybridized carbons (Fsp3) is 0.600. The van der Waals surface area contributed by atoms with Crippen molar-refractivity contribution >= 4 is 17.5 Å². The van der Waals surface area contributed by atoms with Gasteiger partial charge in [-0.3, -0.25) is 9.59 Å². The lowest BCUT2D eigenvalue weighted by molar-refractivity contribution is -0.136. The maximum Gasteiger partial charge on any atom is 0.228 e. The van der Waals surface area contributed by atoms with E-state index in [-0.39, 0.29) is 23.8 Å². The number of carbonyl (C=O) groups excluding carboxylic acids is 2. The number of piperidine rings is 1. The Labute approximate surface area is 150 Å². The Kier molecular flexibility index (Phi) is 5.42. The van der Waals surface area contributed by atoms with Crippen LogP contribution in [0.3, 0.4) is 0 Å². The number of likely N-dealkylation sites (tertiary alicyclic amines) is 1. The van der Waals surface area contributed by atoms with Gasteiger partial charge >= 0.3 is 0 Å². The van der Waals surface area contributed by atoms with Crippen molar-refractivity contribution in [3.63, 3.8) is 0 Å². The lowest BCUT2D eigenvalue weighted by atomic mass is 9.96. The number of amides is 2. The molecule has 136 valence electrons. The summed E-state index contributed by atoms with van der Waals surface area (Å²) in [7, 11) is 0. The van der Waals surface area contributed by atoms with Gasteiger partial charge in [0, 0.05) is 37.8 Å². The van der Waals surface area contributed by atoms with Crippen LogP contribution < -0.4 is 10.6 Å². The van der Waals surface area contributed by atoms with E-state index in [1.165, 1.54) is 5.56 Å². The van der Waals surface area contributed by atoms with Crippen LogP contribution in [0.4, 0.5) is 5.69 Å². The summed E-state index contributed by atoms with van der Waals surface area (Å²) >= 11 is 0. The van der Waals surface area contributed by atoms with Gasteiger partial charge in [0.2, 0.25) is 11.8 Å². The Morgan fingerprint density at radius 2 is 2.08 bits per heavy atom. The summed E-state index contributed by atoms with van der Waals surface area (Å²) in [5, 5.41) is 0. The van der Waals surface area contributed by atoms with Crippen molar-refractivity contribution < 1.29 is 9.59 Å². The minimum atomic E-state index is -0.247. The van der Waals surface area contributed by atoms with Crippen LogP contribution in [0, 0.1) is 5.92 Å². The molecular weight excluding hydrogens is 314 g/mol. The third-order valence-electron chi connectivity index (χ3n) is 5.61. The zero-order valence-corrected chi connectivity index (χ0v) is 15.3. The monoisotopic (exact) mass is 343 g/mol. The minimum absolute atomic E-state index is 0.0513. The first kappa shape index (κ1) is 17.9. The highest BCUT2D eigenvalue weighted by atomic mass is 16.2. The molecule has 3 rings (SSSR count). The average molecular weight is 343 g/mol. The quantitative estimate of drug-likeness (QED) is 0.913. The Balaban J connectivity index is 1.76. The third kappa shape index (κ3) is 3.71. The maximum atomic E-state index is 12.8. The largest absolute Gasteiger partial charge is 0.341 e. The van der Waals surface area contributed by atoms with E-state index in [1.807, 2.05) is 28.0 Å². The number of rotatable bonds is 4. The average Bonchev–Trinajstić information content (AvgIpc) is 3.02. The van der Waals surface area contributed by atoms with Gasteiger partial charge in [0.05, 0.1) is 5.92 Å². The van der Waals surface area contributed by atoms with Crippen LogP contribution in [0.1, 0.15) is 51.0 Å². The SMILES string of the molecule is CCC(C)c1ccccc1N1CC(C(=O)N2CCCC(N)C2)CC1=O. The van der Waals surface area contributed by atoms with Gasteiger partial charge in [-0.25, -0.2) is 0 Å². The number of hydrogen-bond acceptors (Lipinski definition) is 3. The number of anilines is 1. The van der Waals surface area contributed by atoms with Crippen molar-refractivity contribution in [2.24, 2.45) is 11.7 Å². The van der Waals surface area contributed by atoms with Crippen LogP contribution in [0.2, 0.25) is 0 Å². The van der Waals surface area contributed by atoms with Gasteiger partial charge < -0.3 is 15.5 Å². The van der Waals surface area contributed by atoms with Gasteiger partial charge in [-0.05, 0) is 36.8 Å². The van der Waals surface area contributed by atoms with E-state index in [0.717, 1.165) is 31.5 Å². The predicted molar refractivity (Wildman–Crippen MR) is 99.4 cm³/mol. The highest BCUT2D eigenvalue weighted by Crippen LogP contribution is 2.34. The summed E-state index contributed by atoms with van der Waals surface area (Å²) in [5.74, 6) is 0.282. The lowest BCUT2D eigenvalue weighted by Crippen LogP contribution is -2.48. The van der Waals surface area contributed by atoms with E-state index in [4.69, 9.17) is 5.73 Å². The third-order valence-corrected chi connectivity index (χ3v) is 5.61. The van der Waals surface area contributed by atoms with E-state index >= 15 is 0 Å². The van der Waals surface area contributed by atoms with E-state index < -0.39 is 0 Å². The summed E-state index contributed by atoms with van der Waals surface area (Å²) in [6.45, 7) is 6.20. The fourth-order valence-corrected chi connectivity index (χ4v) is 3.94. The molecule has 2 heterocycles. The van der Waals surface area contributed by atoms with E-state index in [0.29, 0.717) is 25.4 Å². The van der Waals surface area contributed by atoms with Crippen molar-refractivity contribution in [1.82, 2.24) is 4.90 Å². The van der Waals surface area contributed by atoms with Gasteiger partial charge in [-0.1, -0.05) is 32.0 Å². The number of nitrogens with two attached hydrogens (primary N) is 1. The van der Waals surface area contributed by atoms with Gasteiger partial charge in [0.15, 0.2) is 0 Å². The van der Waals surface area contributed by atoms with Crippen LogP contribution in [0.15, 0.2) is 24.3 Å². The molecule has 1 aromatic carbocycles. The molecule has 2 saturated heterocycles. The molecule has 5 heteroatoms. The highest BCUT2D eigenvalue weighted by molar-refractivity contribution is 6.01. The molecule has 0 aromatic heterocycles. The zero-order valence-electron chi connectivity index (χ0n) is 15.3. The topological polar surface area (TPSA) is 66.6 Å². The van der Waals surface area contributed by atoms with E-state index in [1.54, 1.807) is 0 Å². The molecule has 5 nitrogen and oxygen atoms in total. The summed E-state index contributed by atoms with van der Waals surface area (Å²) < 4.78 is 0. The van der Waals surface area contributed by atoms with Crippen LogP contribution >= 0.6 is 0 Å². The normalized spacial score (nSPS) is 25.3. The summed E-state index contributed by atoms with van der Waals surface area (Å²) in [6, 6.07) is 8.15. The number of benzene rings is 1. The molecule has 0 aliphatic carbocycles. The molecular formula is C20H29N3O2. The molecule has 25 heavy (non-hydrogen) atoms. The molecule has 2 fully saturated rings. The molecule has 1 aromatic rings. The van der Waals surface area contributed by atoms with E-state index in [9.17, 15) is 9.59 Å². The molecule has 0 spiro atoms. The number of para-hydroxylation sites is 1. The van der Waals surface area contributed by atoms with Crippen LogP contribution in [0.5, 0.6) is 0 Å². The van der Waals surface area contributed by atoms with Crippen molar-refractivity contribution in [2.45, 2.75) is 51.5 Å². The highest BCUT2D eigenvalue weighted by Gasteiger charge is 2.38. The second-order valence-corrected chi connectivity index (χ2v) is 7.46. The summed E-state index contributed by atoms with van der Waals surface area (Å²) in [5.41, 5.74) is 8.16. The molecule has 0 radical (unpaired) electrons. The van der Waals surface area contributed by atoms with Gasteiger partial charge in [-0.15, -0.1) is 0 Å². The standard InChI is InChI=1S/C20H29N3O2/c1-3-14(2)17-8-4-5-9-18(17)23-12-15(11-19(23)24)20(25)22-10-6-7-16(21)13-22/h4-5,8-9,14-16H,3,6-7,10-13,21H2,1-2H3. The van der Waals surface area contributed by atoms with Crippen LogP contribution in [0.25, 0.3) is 0 Å². The van der Waals surface area contributed by atoms with E-state index in [2.05, 4.69) is 19.9 Å². The Morgan fingerprint density at radius 3 is 2.80 bits per heavy atom. The van der Waals surface area contributed by atoms with Gasteiger partial charge in [0.25, 0.3) is 0 Å². The van der Waals surface area contributed by atoms with Crippen LogP contribution in [-0.4, -0.2) is 42.4 Å². The van der Waals surface area contributed by atoms with Crippen molar-refractivity contribution in [1.29, 1.82) is 0 Å². The van der Waals surface area contributed by atoms with Gasteiger partial charge in [-0.2, -0.15) is 0 Å². The Bertz CT molecular complexity index is 646. The molecule has 2 amide bonds. The molecule has 2 aliphatic heterocycles. The second-order valence-electron chi connectivity index (χ2n) is 7.46.